The van der Waals surface area contributed by atoms with Crippen molar-refractivity contribution in [2.75, 3.05) is 0 Å². The summed E-state index contributed by atoms with van der Waals surface area (Å²) < 4.78 is 37.8. The summed E-state index contributed by atoms with van der Waals surface area (Å²) in [6.45, 7) is 7.03. The average molecular weight is 259 g/mol. The molecule has 2 atom stereocenters. The van der Waals surface area contributed by atoms with Crippen LogP contribution in [0.15, 0.2) is 37.5 Å². The first-order chi connectivity index (χ1) is 8.41. The summed E-state index contributed by atoms with van der Waals surface area (Å²) in [7, 11) is 0. The van der Waals surface area contributed by atoms with Crippen molar-refractivity contribution < 1.29 is 18.0 Å². The molecule has 1 rings (SSSR count). The Balaban J connectivity index is 3.01. The van der Waals surface area contributed by atoms with Gasteiger partial charge in [0.05, 0.1) is 6.04 Å². The molecule has 0 aromatic heterocycles. The molecule has 0 spiro atoms. The van der Waals surface area contributed by atoms with Crippen molar-refractivity contribution in [1.82, 2.24) is 4.90 Å². The molecule has 1 aliphatic heterocycles. The molecule has 0 saturated carbocycles. The van der Waals surface area contributed by atoms with Gasteiger partial charge < -0.3 is 4.90 Å². The van der Waals surface area contributed by atoms with Gasteiger partial charge in [0.15, 0.2) is 0 Å². The lowest BCUT2D eigenvalue weighted by atomic mass is 9.97. The lowest BCUT2D eigenvalue weighted by Crippen LogP contribution is -2.52. The van der Waals surface area contributed by atoms with Crippen LogP contribution in [0, 0.1) is 0 Å². The molecule has 1 amide bonds. The van der Waals surface area contributed by atoms with Gasteiger partial charge in [-0.2, -0.15) is 13.2 Å². The molecule has 5 heteroatoms. The third-order valence-electron chi connectivity index (χ3n) is 2.84. The zero-order valence-corrected chi connectivity index (χ0v) is 9.99. The highest BCUT2D eigenvalue weighted by Crippen LogP contribution is 2.28. The van der Waals surface area contributed by atoms with E-state index in [9.17, 15) is 18.0 Å². The third kappa shape index (κ3) is 3.24. The summed E-state index contributed by atoms with van der Waals surface area (Å²) in [5.41, 5.74) is 0. The summed E-state index contributed by atoms with van der Waals surface area (Å²) >= 11 is 0. The fourth-order valence-electron chi connectivity index (χ4n) is 2.10. The van der Waals surface area contributed by atoms with Crippen molar-refractivity contribution in [1.29, 1.82) is 0 Å². The van der Waals surface area contributed by atoms with Crippen molar-refractivity contribution in [3.05, 3.63) is 37.5 Å². The number of amides is 1. The molecule has 18 heavy (non-hydrogen) atoms. The van der Waals surface area contributed by atoms with E-state index in [0.29, 0.717) is 19.3 Å². The van der Waals surface area contributed by atoms with Gasteiger partial charge in [-0.05, 0) is 19.3 Å². The summed E-state index contributed by atoms with van der Waals surface area (Å²) in [6, 6.07) is -1.05. The van der Waals surface area contributed by atoms with Crippen molar-refractivity contribution >= 4 is 5.91 Å². The predicted molar refractivity (Wildman–Crippen MR) is 63.9 cm³/mol. The van der Waals surface area contributed by atoms with Gasteiger partial charge >= 0.3 is 12.1 Å². The monoisotopic (exact) mass is 259 g/mol. The zero-order chi connectivity index (χ0) is 13.8. The first-order valence-corrected chi connectivity index (χ1v) is 5.69. The maximum Gasteiger partial charge on any atom is 0.471 e. The van der Waals surface area contributed by atoms with Crippen LogP contribution in [0.2, 0.25) is 0 Å². The maximum atomic E-state index is 12.6. The van der Waals surface area contributed by atoms with E-state index in [1.165, 1.54) is 12.2 Å². The van der Waals surface area contributed by atoms with Crippen LogP contribution in [-0.4, -0.2) is 29.1 Å². The van der Waals surface area contributed by atoms with Crippen molar-refractivity contribution in [3.8, 4) is 0 Å². The van der Waals surface area contributed by atoms with E-state index in [2.05, 4.69) is 13.2 Å². The molecule has 0 unspecified atom stereocenters. The smallest absolute Gasteiger partial charge is 0.325 e. The molecule has 0 N–H and O–H groups in total. The van der Waals surface area contributed by atoms with E-state index < -0.39 is 24.2 Å². The Labute approximate surface area is 104 Å². The fraction of sp³-hybridized carbons (Fsp3) is 0.462. The number of rotatable bonds is 4. The minimum absolute atomic E-state index is 0.311. The van der Waals surface area contributed by atoms with Crippen molar-refractivity contribution in [2.24, 2.45) is 0 Å². The van der Waals surface area contributed by atoms with E-state index in [1.54, 1.807) is 6.08 Å². The van der Waals surface area contributed by atoms with Gasteiger partial charge in [0, 0.05) is 6.04 Å². The van der Waals surface area contributed by atoms with Gasteiger partial charge in [-0.3, -0.25) is 4.79 Å². The fourth-order valence-corrected chi connectivity index (χ4v) is 2.10. The molecular formula is C13H16F3NO. The second kappa shape index (κ2) is 5.89. The van der Waals surface area contributed by atoms with Crippen LogP contribution in [0.3, 0.4) is 0 Å². The number of hydrogen-bond donors (Lipinski definition) is 0. The topological polar surface area (TPSA) is 20.3 Å². The molecule has 0 fully saturated rings. The molecule has 0 radical (unpaired) electrons. The summed E-state index contributed by atoms with van der Waals surface area (Å²) in [5, 5.41) is 0. The standard InChI is InChI=1S/C13H16F3NO/c1-3-6-10-8-5-9-11(7-4-2)17(10)12(18)13(14,15)16/h3-5,8,10-11H,1-2,6-7,9H2/t10-,11-/m1/s1. The summed E-state index contributed by atoms with van der Waals surface area (Å²) in [6.07, 6.45) is 2.72. The Bertz CT molecular complexity index is 360. The highest BCUT2D eigenvalue weighted by molar-refractivity contribution is 5.83. The van der Waals surface area contributed by atoms with Crippen molar-refractivity contribution in [3.63, 3.8) is 0 Å². The van der Waals surface area contributed by atoms with Crippen LogP contribution in [0.4, 0.5) is 13.2 Å². The Morgan fingerprint density at radius 1 is 1.33 bits per heavy atom. The third-order valence-corrected chi connectivity index (χ3v) is 2.84. The number of carbonyl (C=O) groups excluding carboxylic acids is 1. The molecule has 0 aliphatic carbocycles. The molecule has 0 saturated heterocycles. The average Bonchev–Trinajstić information content (AvgIpc) is 2.28. The molecule has 100 valence electrons. The van der Waals surface area contributed by atoms with E-state index in [4.69, 9.17) is 0 Å². The van der Waals surface area contributed by atoms with Crippen LogP contribution in [-0.2, 0) is 4.79 Å². The largest absolute Gasteiger partial charge is 0.471 e. The maximum absolute atomic E-state index is 12.6. The normalized spacial score (nSPS) is 23.8. The minimum Gasteiger partial charge on any atom is -0.325 e. The van der Waals surface area contributed by atoms with E-state index >= 15 is 0 Å². The van der Waals surface area contributed by atoms with Crippen LogP contribution in [0.1, 0.15) is 19.3 Å². The van der Waals surface area contributed by atoms with Crippen LogP contribution >= 0.6 is 0 Å². The number of alkyl halides is 3. The quantitative estimate of drug-likeness (QED) is 0.710. The second-order valence-electron chi connectivity index (χ2n) is 4.14. The van der Waals surface area contributed by atoms with Gasteiger partial charge in [-0.15, -0.1) is 13.2 Å². The number of carbonyl (C=O) groups is 1. The zero-order valence-electron chi connectivity index (χ0n) is 9.99. The molecule has 2 nitrogen and oxygen atoms in total. The van der Waals surface area contributed by atoms with Crippen LogP contribution < -0.4 is 0 Å². The van der Waals surface area contributed by atoms with Gasteiger partial charge in [0.2, 0.25) is 0 Å². The van der Waals surface area contributed by atoms with E-state index in [1.807, 2.05) is 6.08 Å². The SMILES string of the molecule is C=CC[C@@H]1CC=C[C@@H](CC=C)N1C(=O)C(F)(F)F. The first-order valence-electron chi connectivity index (χ1n) is 5.69. The molecule has 0 bridgehead atoms. The van der Waals surface area contributed by atoms with Gasteiger partial charge in [0.25, 0.3) is 0 Å². The Kier molecular flexibility index (Phi) is 4.76. The number of halogens is 3. The summed E-state index contributed by atoms with van der Waals surface area (Å²) in [5.74, 6) is -1.79. The first kappa shape index (κ1) is 14.5. The lowest BCUT2D eigenvalue weighted by molar-refractivity contribution is -0.189. The molecule has 0 aromatic carbocycles. The van der Waals surface area contributed by atoms with Crippen molar-refractivity contribution in [2.45, 2.75) is 37.5 Å². The number of nitrogens with zero attached hydrogens (tertiary/aromatic N) is 1. The van der Waals surface area contributed by atoms with Gasteiger partial charge in [0.1, 0.15) is 0 Å². The van der Waals surface area contributed by atoms with Crippen LogP contribution in [0.25, 0.3) is 0 Å². The Hall–Kier alpha value is -1.52. The van der Waals surface area contributed by atoms with Crippen LogP contribution in [0.5, 0.6) is 0 Å². The highest BCUT2D eigenvalue weighted by Gasteiger charge is 2.46. The molecule has 0 aromatic rings. The lowest BCUT2D eigenvalue weighted by Gasteiger charge is -2.39. The second-order valence-corrected chi connectivity index (χ2v) is 4.14. The van der Waals surface area contributed by atoms with Gasteiger partial charge in [-0.25, -0.2) is 0 Å². The molecular weight excluding hydrogens is 243 g/mol. The number of hydrogen-bond acceptors (Lipinski definition) is 1. The Morgan fingerprint density at radius 3 is 2.44 bits per heavy atom. The highest BCUT2D eigenvalue weighted by atomic mass is 19.4. The van der Waals surface area contributed by atoms with E-state index in [0.717, 1.165) is 4.90 Å². The predicted octanol–water partition coefficient (Wildman–Crippen LogP) is 3.23. The van der Waals surface area contributed by atoms with E-state index in [-0.39, 0.29) is 0 Å². The minimum atomic E-state index is -4.84. The molecule has 1 aliphatic rings. The summed E-state index contributed by atoms with van der Waals surface area (Å²) in [4.78, 5) is 12.4. The Morgan fingerprint density at radius 2 is 1.94 bits per heavy atom. The van der Waals surface area contributed by atoms with Gasteiger partial charge in [-0.1, -0.05) is 24.3 Å². The molecule has 1 heterocycles.